The number of benzene rings is 2. The van der Waals surface area contributed by atoms with E-state index in [-0.39, 0.29) is 15.6 Å². The molecule has 0 saturated carbocycles. The number of alkyl halides is 1. The molecular weight excluding hydrogens is 328 g/mol. The van der Waals surface area contributed by atoms with Crippen molar-refractivity contribution in [2.24, 2.45) is 0 Å². The summed E-state index contributed by atoms with van der Waals surface area (Å²) < 4.78 is 40.4. The van der Waals surface area contributed by atoms with Gasteiger partial charge in [0.15, 0.2) is 0 Å². The van der Waals surface area contributed by atoms with Crippen molar-refractivity contribution in [2.45, 2.75) is 5.38 Å². The van der Waals surface area contributed by atoms with Crippen molar-refractivity contribution in [1.29, 1.82) is 0 Å². The minimum absolute atomic E-state index is 0.0371. The molecule has 0 aromatic heterocycles. The van der Waals surface area contributed by atoms with Gasteiger partial charge >= 0.3 is 0 Å². The third-order valence-corrected chi connectivity index (χ3v) is 3.57. The Labute approximate surface area is 116 Å². The van der Waals surface area contributed by atoms with Crippen molar-refractivity contribution in [2.75, 3.05) is 0 Å². The van der Waals surface area contributed by atoms with E-state index < -0.39 is 22.8 Å². The topological polar surface area (TPSA) is 0 Å². The molecule has 0 aliphatic rings. The van der Waals surface area contributed by atoms with E-state index in [2.05, 4.69) is 15.9 Å². The minimum atomic E-state index is -1.01. The second-order valence-electron chi connectivity index (χ2n) is 3.67. The fourth-order valence-electron chi connectivity index (χ4n) is 1.59. The van der Waals surface area contributed by atoms with Gasteiger partial charge in [-0.15, -0.1) is 11.6 Å². The first-order valence-corrected chi connectivity index (χ1v) is 6.26. The minimum Gasteiger partial charge on any atom is -0.207 e. The molecule has 5 heteroatoms. The smallest absolute Gasteiger partial charge is 0.142 e. The van der Waals surface area contributed by atoms with Gasteiger partial charge in [0.25, 0.3) is 0 Å². The lowest BCUT2D eigenvalue weighted by Gasteiger charge is -2.13. The predicted octanol–water partition coefficient (Wildman–Crippen LogP) is 5.19. The summed E-state index contributed by atoms with van der Waals surface area (Å²) >= 11 is 9.07. The highest BCUT2D eigenvalue weighted by Gasteiger charge is 2.20. The number of hydrogen-bond acceptors (Lipinski definition) is 0. The van der Waals surface area contributed by atoms with E-state index in [1.807, 2.05) is 0 Å². The quantitative estimate of drug-likeness (QED) is 0.662. The molecule has 2 aromatic rings. The van der Waals surface area contributed by atoms with Crippen LogP contribution in [0.4, 0.5) is 13.2 Å². The van der Waals surface area contributed by atoms with Crippen molar-refractivity contribution in [3.63, 3.8) is 0 Å². The zero-order valence-corrected chi connectivity index (χ0v) is 11.3. The van der Waals surface area contributed by atoms with Crippen molar-refractivity contribution >= 4 is 27.5 Å². The Bertz CT molecular complexity index is 586. The van der Waals surface area contributed by atoms with E-state index >= 15 is 0 Å². The molecule has 1 atom stereocenters. The molecule has 0 nitrogen and oxygen atoms in total. The van der Waals surface area contributed by atoms with Gasteiger partial charge in [0, 0.05) is 17.2 Å². The summed E-state index contributed by atoms with van der Waals surface area (Å²) in [5, 5.41) is -1.01. The van der Waals surface area contributed by atoms with Crippen LogP contribution in [-0.4, -0.2) is 0 Å². The van der Waals surface area contributed by atoms with E-state index in [1.165, 1.54) is 18.2 Å². The first kappa shape index (κ1) is 13.4. The van der Waals surface area contributed by atoms with Crippen LogP contribution in [0.25, 0.3) is 0 Å². The van der Waals surface area contributed by atoms with E-state index in [1.54, 1.807) is 6.07 Å². The molecule has 0 saturated heterocycles. The van der Waals surface area contributed by atoms with E-state index in [9.17, 15) is 13.2 Å². The summed E-state index contributed by atoms with van der Waals surface area (Å²) in [7, 11) is 0. The number of halogens is 5. The van der Waals surface area contributed by atoms with Crippen LogP contribution in [-0.2, 0) is 0 Å². The highest BCUT2D eigenvalue weighted by molar-refractivity contribution is 9.10. The lowest BCUT2D eigenvalue weighted by atomic mass is 10.0. The summed E-state index contributed by atoms with van der Waals surface area (Å²) in [5.74, 6) is -2.05. The van der Waals surface area contributed by atoms with E-state index in [0.717, 1.165) is 12.1 Å². The largest absolute Gasteiger partial charge is 0.207 e. The second-order valence-corrected chi connectivity index (χ2v) is 4.96. The highest BCUT2D eigenvalue weighted by Crippen LogP contribution is 2.34. The molecule has 0 amide bonds. The first-order chi connectivity index (χ1) is 8.50. The zero-order valence-electron chi connectivity index (χ0n) is 8.93. The molecule has 94 valence electrons. The highest BCUT2D eigenvalue weighted by atomic mass is 79.9. The number of hydrogen-bond donors (Lipinski definition) is 0. The normalized spacial score (nSPS) is 12.5. The van der Waals surface area contributed by atoms with Crippen molar-refractivity contribution in [3.05, 3.63) is 69.4 Å². The molecule has 0 heterocycles. The zero-order chi connectivity index (χ0) is 13.3. The van der Waals surface area contributed by atoms with Crippen LogP contribution in [0.1, 0.15) is 16.5 Å². The van der Waals surface area contributed by atoms with Gasteiger partial charge in [-0.2, -0.15) is 0 Å². The van der Waals surface area contributed by atoms with Gasteiger partial charge in [-0.3, -0.25) is 0 Å². The van der Waals surface area contributed by atoms with Gasteiger partial charge in [0.05, 0.1) is 9.85 Å². The first-order valence-electron chi connectivity index (χ1n) is 5.03. The molecule has 1 unspecified atom stereocenters. The Kier molecular flexibility index (Phi) is 3.97. The molecule has 2 aromatic carbocycles. The second kappa shape index (κ2) is 5.33. The molecular formula is C13H7BrClF3. The van der Waals surface area contributed by atoms with E-state index in [0.29, 0.717) is 0 Å². The molecule has 18 heavy (non-hydrogen) atoms. The molecule has 0 N–H and O–H groups in total. The average Bonchev–Trinajstić information content (AvgIpc) is 2.32. The predicted molar refractivity (Wildman–Crippen MR) is 68.2 cm³/mol. The van der Waals surface area contributed by atoms with Gasteiger partial charge in [-0.05, 0) is 28.1 Å². The maximum absolute atomic E-state index is 13.8. The molecule has 2 rings (SSSR count). The summed E-state index contributed by atoms with van der Waals surface area (Å²) in [5.41, 5.74) is 0.173. The third kappa shape index (κ3) is 2.54. The summed E-state index contributed by atoms with van der Waals surface area (Å²) in [4.78, 5) is 0. The van der Waals surface area contributed by atoms with Gasteiger partial charge in [0.2, 0.25) is 0 Å². The monoisotopic (exact) mass is 334 g/mol. The van der Waals surface area contributed by atoms with Crippen LogP contribution in [0.2, 0.25) is 0 Å². The van der Waals surface area contributed by atoms with Crippen LogP contribution in [0, 0.1) is 17.5 Å². The van der Waals surface area contributed by atoms with Crippen LogP contribution in [0.3, 0.4) is 0 Å². The fourth-order valence-corrected chi connectivity index (χ4v) is 2.32. The lowest BCUT2D eigenvalue weighted by molar-refractivity contribution is 0.569. The lowest BCUT2D eigenvalue weighted by Crippen LogP contribution is -2.01. The Morgan fingerprint density at radius 1 is 1.00 bits per heavy atom. The fraction of sp³-hybridized carbons (Fsp3) is 0.0769. The Balaban J connectivity index is 2.48. The van der Waals surface area contributed by atoms with E-state index in [4.69, 9.17) is 11.6 Å². The SMILES string of the molecule is Fc1ccc(C(Cl)c2cccc(Br)c2F)c(F)c1. The average molecular weight is 336 g/mol. The Morgan fingerprint density at radius 2 is 1.72 bits per heavy atom. The molecule has 0 radical (unpaired) electrons. The maximum atomic E-state index is 13.8. The summed E-state index contributed by atoms with van der Waals surface area (Å²) in [6.45, 7) is 0. The van der Waals surface area contributed by atoms with Crippen molar-refractivity contribution in [1.82, 2.24) is 0 Å². The number of rotatable bonds is 2. The summed E-state index contributed by atoms with van der Waals surface area (Å²) in [6, 6.07) is 7.59. The molecule has 0 fully saturated rings. The van der Waals surface area contributed by atoms with Crippen LogP contribution in [0.15, 0.2) is 40.9 Å². The molecule has 0 aliphatic carbocycles. The third-order valence-electron chi connectivity index (χ3n) is 2.49. The Morgan fingerprint density at radius 3 is 2.39 bits per heavy atom. The molecule has 0 aliphatic heterocycles. The molecule has 0 spiro atoms. The van der Waals surface area contributed by atoms with Crippen molar-refractivity contribution < 1.29 is 13.2 Å². The van der Waals surface area contributed by atoms with Crippen LogP contribution < -0.4 is 0 Å². The van der Waals surface area contributed by atoms with Gasteiger partial charge < -0.3 is 0 Å². The van der Waals surface area contributed by atoms with Gasteiger partial charge in [-0.1, -0.05) is 18.2 Å². The van der Waals surface area contributed by atoms with Crippen LogP contribution >= 0.6 is 27.5 Å². The van der Waals surface area contributed by atoms with Gasteiger partial charge in [-0.25, -0.2) is 13.2 Å². The van der Waals surface area contributed by atoms with Gasteiger partial charge in [0.1, 0.15) is 17.5 Å². The maximum Gasteiger partial charge on any atom is 0.142 e. The standard InChI is InChI=1S/C13H7BrClF3/c14-10-3-1-2-9(13(10)18)12(15)8-5-4-7(16)6-11(8)17/h1-6,12H. The summed E-state index contributed by atoms with van der Waals surface area (Å²) in [6.07, 6.45) is 0. The van der Waals surface area contributed by atoms with Crippen molar-refractivity contribution in [3.8, 4) is 0 Å². The molecule has 0 bridgehead atoms. The van der Waals surface area contributed by atoms with Crippen LogP contribution in [0.5, 0.6) is 0 Å². The Hall–Kier alpha value is -1.00.